The molecule has 0 aromatic heterocycles. The van der Waals surface area contributed by atoms with E-state index in [1.165, 1.54) is 18.2 Å². The van der Waals surface area contributed by atoms with Crippen LogP contribution in [-0.4, -0.2) is 35.1 Å². The summed E-state index contributed by atoms with van der Waals surface area (Å²) >= 11 is 0. The summed E-state index contributed by atoms with van der Waals surface area (Å²) in [5.74, 6) is -1.03. The second-order valence-electron chi connectivity index (χ2n) is 6.77. The molecule has 0 radical (unpaired) electrons. The minimum atomic E-state index is -3.96. The number of sulfonamides is 2. The summed E-state index contributed by atoms with van der Waals surface area (Å²) in [4.78, 5) is 12.2. The summed E-state index contributed by atoms with van der Waals surface area (Å²) in [5, 5.41) is 0. The van der Waals surface area contributed by atoms with Crippen LogP contribution >= 0.6 is 0 Å². The third-order valence-corrected chi connectivity index (χ3v) is 7.87. The first-order chi connectivity index (χ1) is 13.6. The van der Waals surface area contributed by atoms with E-state index in [1.807, 2.05) is 0 Å². The van der Waals surface area contributed by atoms with Gasteiger partial charge in [0.25, 0.3) is 10.0 Å². The number of ether oxygens (including phenoxy) is 1. The van der Waals surface area contributed by atoms with Crippen LogP contribution in [0.1, 0.15) is 19.4 Å². The lowest BCUT2D eigenvalue weighted by Crippen LogP contribution is -2.30. The lowest BCUT2D eigenvalue weighted by Gasteiger charge is -2.18. The minimum Gasteiger partial charge on any atom is -0.492 e. The van der Waals surface area contributed by atoms with Crippen LogP contribution in [0.25, 0.3) is 0 Å². The molecule has 0 aliphatic carbocycles. The highest BCUT2D eigenvalue weighted by atomic mass is 32.2. The summed E-state index contributed by atoms with van der Waals surface area (Å²) in [7, 11) is -7.72. The van der Waals surface area contributed by atoms with Crippen molar-refractivity contribution in [1.82, 2.24) is 0 Å². The maximum Gasteiger partial charge on any atom is 0.262 e. The van der Waals surface area contributed by atoms with Gasteiger partial charge in [-0.3, -0.25) is 9.52 Å². The minimum absolute atomic E-state index is 0.0235. The Labute approximate surface area is 170 Å². The van der Waals surface area contributed by atoms with Crippen molar-refractivity contribution in [3.63, 3.8) is 0 Å². The first kappa shape index (κ1) is 21.1. The highest BCUT2D eigenvalue weighted by Gasteiger charge is 2.42. The van der Waals surface area contributed by atoms with Crippen molar-refractivity contribution in [2.75, 3.05) is 21.4 Å². The molecular formula is C19H22N2O6S2. The summed E-state index contributed by atoms with van der Waals surface area (Å²) in [6.07, 6.45) is 0. The quantitative estimate of drug-likeness (QED) is 0.742. The van der Waals surface area contributed by atoms with Crippen molar-refractivity contribution in [1.29, 1.82) is 0 Å². The predicted octanol–water partition coefficient (Wildman–Crippen LogP) is 2.51. The van der Waals surface area contributed by atoms with Crippen LogP contribution in [0.2, 0.25) is 0 Å². The SMILES string of the molecule is CCOc1ccccc1NS(=O)(=O)c1ccc(N2C(=O)C(C)CS2(=O)=O)cc1C. The summed E-state index contributed by atoms with van der Waals surface area (Å²) in [6.45, 7) is 5.26. The number of carbonyl (C=O) groups excluding carboxylic acids is 1. The fourth-order valence-corrected chi connectivity index (χ4v) is 6.29. The highest BCUT2D eigenvalue weighted by molar-refractivity contribution is 7.94. The van der Waals surface area contributed by atoms with Gasteiger partial charge in [-0.1, -0.05) is 19.1 Å². The molecule has 1 aliphatic heterocycles. The van der Waals surface area contributed by atoms with Gasteiger partial charge in [0.2, 0.25) is 15.9 Å². The van der Waals surface area contributed by atoms with E-state index in [-0.39, 0.29) is 16.3 Å². The molecule has 3 rings (SSSR count). The fraction of sp³-hybridized carbons (Fsp3) is 0.316. The molecule has 0 spiro atoms. The molecule has 10 heteroatoms. The Kier molecular flexibility index (Phi) is 5.59. The normalized spacial score (nSPS) is 18.7. The number of para-hydroxylation sites is 2. The van der Waals surface area contributed by atoms with E-state index < -0.39 is 31.9 Å². The second kappa shape index (κ2) is 7.68. The van der Waals surface area contributed by atoms with Crippen LogP contribution in [0.3, 0.4) is 0 Å². The Morgan fingerprint density at radius 1 is 1.21 bits per heavy atom. The Bertz CT molecular complexity index is 1160. The van der Waals surface area contributed by atoms with Gasteiger partial charge in [0.05, 0.1) is 34.5 Å². The summed E-state index contributed by atoms with van der Waals surface area (Å²) in [5.41, 5.74) is 0.737. The van der Waals surface area contributed by atoms with Crippen molar-refractivity contribution >= 4 is 37.3 Å². The molecule has 156 valence electrons. The maximum absolute atomic E-state index is 12.9. The molecule has 0 bridgehead atoms. The summed E-state index contributed by atoms with van der Waals surface area (Å²) in [6, 6.07) is 10.7. The van der Waals surface area contributed by atoms with Crippen molar-refractivity contribution in [2.24, 2.45) is 5.92 Å². The van der Waals surface area contributed by atoms with Crippen LogP contribution < -0.4 is 13.8 Å². The zero-order valence-electron chi connectivity index (χ0n) is 16.2. The standard InChI is InChI=1S/C19H22N2O6S2/c1-4-27-17-8-6-5-7-16(17)20-29(25,26)18-10-9-15(11-13(18)2)21-19(22)14(3)12-28(21,23)24/h5-11,14,20H,4,12H2,1-3H3. The van der Waals surface area contributed by atoms with Crippen LogP contribution in [0.5, 0.6) is 5.75 Å². The van der Waals surface area contributed by atoms with Gasteiger partial charge >= 0.3 is 0 Å². The first-order valence-corrected chi connectivity index (χ1v) is 12.1. The molecule has 1 N–H and O–H groups in total. The molecule has 2 aromatic carbocycles. The van der Waals surface area contributed by atoms with E-state index in [2.05, 4.69) is 4.72 Å². The Morgan fingerprint density at radius 3 is 2.48 bits per heavy atom. The van der Waals surface area contributed by atoms with Gasteiger partial charge in [0.1, 0.15) is 5.75 Å². The monoisotopic (exact) mass is 438 g/mol. The van der Waals surface area contributed by atoms with Gasteiger partial charge in [-0.05, 0) is 49.7 Å². The number of nitrogens with one attached hydrogen (secondary N) is 1. The maximum atomic E-state index is 12.9. The number of hydrogen-bond acceptors (Lipinski definition) is 6. The number of aryl methyl sites for hydroxylation is 1. The third-order valence-electron chi connectivity index (χ3n) is 4.47. The zero-order valence-corrected chi connectivity index (χ0v) is 17.9. The van der Waals surface area contributed by atoms with Gasteiger partial charge in [-0.25, -0.2) is 21.1 Å². The lowest BCUT2D eigenvalue weighted by atomic mass is 10.2. The zero-order chi connectivity index (χ0) is 21.4. The van der Waals surface area contributed by atoms with Gasteiger partial charge in [0.15, 0.2) is 0 Å². The van der Waals surface area contributed by atoms with E-state index in [4.69, 9.17) is 4.74 Å². The molecular weight excluding hydrogens is 416 g/mol. The van der Waals surface area contributed by atoms with Gasteiger partial charge in [0, 0.05) is 0 Å². The number of amides is 1. The molecule has 0 saturated carbocycles. The second-order valence-corrected chi connectivity index (χ2v) is 10.3. The topological polar surface area (TPSA) is 110 Å². The molecule has 29 heavy (non-hydrogen) atoms. The Morgan fingerprint density at radius 2 is 1.90 bits per heavy atom. The van der Waals surface area contributed by atoms with Crippen molar-refractivity contribution in [3.05, 3.63) is 48.0 Å². The average Bonchev–Trinajstić information content (AvgIpc) is 2.83. The molecule has 1 heterocycles. The summed E-state index contributed by atoms with van der Waals surface area (Å²) < 4.78 is 59.0. The van der Waals surface area contributed by atoms with E-state index in [9.17, 15) is 21.6 Å². The van der Waals surface area contributed by atoms with E-state index in [1.54, 1.807) is 45.0 Å². The van der Waals surface area contributed by atoms with Crippen molar-refractivity contribution in [3.8, 4) is 5.75 Å². The van der Waals surface area contributed by atoms with Gasteiger partial charge in [-0.2, -0.15) is 0 Å². The molecule has 1 aliphatic rings. The molecule has 1 fully saturated rings. The highest BCUT2D eigenvalue weighted by Crippen LogP contribution is 2.32. The van der Waals surface area contributed by atoms with Crippen LogP contribution in [0.4, 0.5) is 11.4 Å². The molecule has 1 saturated heterocycles. The molecule has 1 amide bonds. The smallest absolute Gasteiger partial charge is 0.262 e. The van der Waals surface area contributed by atoms with Gasteiger partial charge in [-0.15, -0.1) is 0 Å². The van der Waals surface area contributed by atoms with Crippen LogP contribution in [0, 0.1) is 12.8 Å². The molecule has 1 unspecified atom stereocenters. The van der Waals surface area contributed by atoms with E-state index >= 15 is 0 Å². The third kappa shape index (κ3) is 4.08. The molecule has 1 atom stereocenters. The van der Waals surface area contributed by atoms with E-state index in [0.717, 1.165) is 4.31 Å². The number of anilines is 2. The predicted molar refractivity (Wildman–Crippen MR) is 110 cm³/mol. The molecule has 2 aromatic rings. The Balaban J connectivity index is 1.96. The number of rotatable bonds is 6. The van der Waals surface area contributed by atoms with Crippen LogP contribution in [0.15, 0.2) is 47.4 Å². The first-order valence-electron chi connectivity index (χ1n) is 8.99. The fourth-order valence-electron chi connectivity index (χ4n) is 3.18. The van der Waals surface area contributed by atoms with Crippen molar-refractivity contribution < 1.29 is 26.4 Å². The van der Waals surface area contributed by atoms with Crippen molar-refractivity contribution in [2.45, 2.75) is 25.7 Å². The number of benzene rings is 2. The van der Waals surface area contributed by atoms with Crippen LogP contribution in [-0.2, 0) is 24.8 Å². The lowest BCUT2D eigenvalue weighted by molar-refractivity contribution is -0.119. The number of carbonyl (C=O) groups is 1. The average molecular weight is 439 g/mol. The Hall–Kier alpha value is -2.59. The number of hydrogen-bond donors (Lipinski definition) is 1. The largest absolute Gasteiger partial charge is 0.492 e. The number of nitrogens with zero attached hydrogens (tertiary/aromatic N) is 1. The molecule has 8 nitrogen and oxygen atoms in total. The van der Waals surface area contributed by atoms with E-state index in [0.29, 0.717) is 23.6 Å². The van der Waals surface area contributed by atoms with Gasteiger partial charge < -0.3 is 4.74 Å².